The number of aromatic nitrogens is 2. The van der Waals surface area contributed by atoms with Crippen LogP contribution in [0, 0.1) is 0 Å². The van der Waals surface area contributed by atoms with Gasteiger partial charge < -0.3 is 9.64 Å². The second-order valence-corrected chi connectivity index (χ2v) is 5.84. The molecule has 2 aromatic rings. The van der Waals surface area contributed by atoms with Crippen molar-refractivity contribution in [2.75, 3.05) is 18.0 Å². The van der Waals surface area contributed by atoms with Gasteiger partial charge in [-0.15, -0.1) is 0 Å². The third-order valence-electron chi connectivity index (χ3n) is 3.47. The minimum atomic E-state index is -4.41. The van der Waals surface area contributed by atoms with Crippen molar-refractivity contribution in [3.63, 3.8) is 0 Å². The lowest BCUT2D eigenvalue weighted by atomic mass is 10.1. The van der Waals surface area contributed by atoms with Crippen LogP contribution in [-0.4, -0.2) is 29.2 Å². The van der Waals surface area contributed by atoms with Crippen molar-refractivity contribution in [3.05, 3.63) is 35.5 Å². The summed E-state index contributed by atoms with van der Waals surface area (Å²) in [5.74, 6) is 0.363. The van der Waals surface area contributed by atoms with Crippen LogP contribution in [0.3, 0.4) is 0 Å². The summed E-state index contributed by atoms with van der Waals surface area (Å²) < 4.78 is 43.8. The van der Waals surface area contributed by atoms with E-state index in [2.05, 4.69) is 9.97 Å². The molecule has 0 saturated carbocycles. The van der Waals surface area contributed by atoms with Gasteiger partial charge in [-0.2, -0.15) is 13.2 Å². The predicted molar refractivity (Wildman–Crippen MR) is 77.2 cm³/mol. The first-order valence-electron chi connectivity index (χ1n) is 6.88. The van der Waals surface area contributed by atoms with Crippen LogP contribution in [0.1, 0.15) is 18.5 Å². The third-order valence-corrected chi connectivity index (χ3v) is 4.13. The molecule has 0 bridgehead atoms. The van der Waals surface area contributed by atoms with Gasteiger partial charge in [0.15, 0.2) is 0 Å². The number of ether oxygens (including phenoxy) is 1. The van der Waals surface area contributed by atoms with E-state index in [1.807, 2.05) is 10.3 Å². The summed E-state index contributed by atoms with van der Waals surface area (Å²) >= 11 is 1.43. The zero-order valence-corrected chi connectivity index (χ0v) is 12.4. The van der Waals surface area contributed by atoms with Crippen molar-refractivity contribution in [1.29, 1.82) is 0 Å². The molecule has 3 rings (SSSR count). The highest BCUT2D eigenvalue weighted by molar-refractivity contribution is 7.11. The van der Waals surface area contributed by atoms with Crippen LogP contribution in [0.5, 0.6) is 5.19 Å². The van der Waals surface area contributed by atoms with E-state index in [0.29, 0.717) is 24.1 Å². The molecule has 0 aliphatic carbocycles. The molecule has 0 spiro atoms. The molecule has 1 saturated heterocycles. The third kappa shape index (κ3) is 3.49. The molecule has 8 heteroatoms. The van der Waals surface area contributed by atoms with Gasteiger partial charge in [-0.25, -0.2) is 9.97 Å². The van der Waals surface area contributed by atoms with E-state index in [0.717, 1.165) is 18.9 Å². The Morgan fingerprint density at radius 2 is 2.00 bits per heavy atom. The van der Waals surface area contributed by atoms with Gasteiger partial charge in [0.05, 0.1) is 0 Å². The molecular formula is C14H14F3N3OS. The molecule has 118 valence electrons. The zero-order chi connectivity index (χ0) is 15.6. The summed E-state index contributed by atoms with van der Waals surface area (Å²) in [5, 5.41) is 2.48. The van der Waals surface area contributed by atoms with E-state index >= 15 is 0 Å². The number of anilines is 1. The van der Waals surface area contributed by atoms with Crippen LogP contribution in [0.25, 0.3) is 0 Å². The number of pyridine rings is 1. The normalized spacial score (nSPS) is 16.8. The van der Waals surface area contributed by atoms with E-state index in [9.17, 15) is 13.2 Å². The molecule has 0 radical (unpaired) electrons. The van der Waals surface area contributed by atoms with Gasteiger partial charge in [0.25, 0.3) is 5.19 Å². The lowest BCUT2D eigenvalue weighted by molar-refractivity contribution is -0.141. The number of hydrogen-bond acceptors (Lipinski definition) is 5. The highest BCUT2D eigenvalue weighted by atomic mass is 32.1. The molecule has 4 nitrogen and oxygen atoms in total. The van der Waals surface area contributed by atoms with Crippen molar-refractivity contribution in [1.82, 2.24) is 9.97 Å². The Balaban J connectivity index is 1.61. The first-order chi connectivity index (χ1) is 10.5. The number of thiazole rings is 1. The van der Waals surface area contributed by atoms with Gasteiger partial charge in [0.2, 0.25) is 0 Å². The number of piperidine rings is 1. The summed E-state index contributed by atoms with van der Waals surface area (Å²) in [4.78, 5) is 9.65. The Kier molecular flexibility index (Phi) is 4.19. The van der Waals surface area contributed by atoms with E-state index in [-0.39, 0.29) is 6.10 Å². The van der Waals surface area contributed by atoms with Crippen LogP contribution in [0.15, 0.2) is 29.8 Å². The van der Waals surface area contributed by atoms with Crippen molar-refractivity contribution in [3.8, 4) is 5.19 Å². The first kappa shape index (κ1) is 15.1. The summed E-state index contributed by atoms with van der Waals surface area (Å²) in [6.45, 7) is 1.23. The van der Waals surface area contributed by atoms with Crippen molar-refractivity contribution >= 4 is 17.2 Å². The number of nitrogens with zero attached hydrogens (tertiary/aromatic N) is 3. The zero-order valence-electron chi connectivity index (χ0n) is 11.6. The largest absolute Gasteiger partial charge is 0.467 e. The maximum absolute atomic E-state index is 12.7. The lowest BCUT2D eigenvalue weighted by Crippen LogP contribution is -2.38. The highest BCUT2D eigenvalue weighted by Crippen LogP contribution is 2.30. The molecule has 0 unspecified atom stereocenters. The molecule has 1 fully saturated rings. The monoisotopic (exact) mass is 329 g/mol. The van der Waals surface area contributed by atoms with Gasteiger partial charge in [-0.05, 0) is 12.1 Å². The average molecular weight is 329 g/mol. The fourth-order valence-corrected chi connectivity index (χ4v) is 2.92. The minimum absolute atomic E-state index is 0.0493. The summed E-state index contributed by atoms with van der Waals surface area (Å²) in [7, 11) is 0. The van der Waals surface area contributed by atoms with Crippen LogP contribution in [0.2, 0.25) is 0 Å². The quantitative estimate of drug-likeness (QED) is 0.862. The van der Waals surface area contributed by atoms with Crippen molar-refractivity contribution in [2.24, 2.45) is 0 Å². The topological polar surface area (TPSA) is 38.2 Å². The molecular weight excluding hydrogens is 315 g/mol. The fraction of sp³-hybridized carbons (Fsp3) is 0.429. The maximum Gasteiger partial charge on any atom is 0.433 e. The Hall–Kier alpha value is -1.83. The molecule has 0 atom stereocenters. The van der Waals surface area contributed by atoms with Crippen molar-refractivity contribution < 1.29 is 17.9 Å². The van der Waals surface area contributed by atoms with E-state index in [1.54, 1.807) is 12.3 Å². The summed E-state index contributed by atoms with van der Waals surface area (Å²) in [6.07, 6.45) is -1.22. The minimum Gasteiger partial charge on any atom is -0.467 e. The molecule has 0 N–H and O–H groups in total. The molecule has 3 heterocycles. The van der Waals surface area contributed by atoms with Crippen LogP contribution >= 0.6 is 11.3 Å². The standard InChI is InChI=1S/C14H14F3N3OS/c15-14(16,17)11-2-1-3-12(19-11)20-7-4-10(5-8-20)21-13-18-6-9-22-13/h1-3,6,9-10H,4-5,7-8H2. The molecule has 22 heavy (non-hydrogen) atoms. The number of rotatable bonds is 3. The fourth-order valence-electron chi connectivity index (χ4n) is 2.37. The second-order valence-electron chi connectivity index (χ2n) is 4.98. The molecule has 1 aliphatic heterocycles. The molecule has 1 aliphatic rings. The van der Waals surface area contributed by atoms with Gasteiger partial charge in [0, 0.05) is 37.5 Å². The van der Waals surface area contributed by atoms with Crippen LogP contribution in [-0.2, 0) is 6.18 Å². The van der Waals surface area contributed by atoms with Gasteiger partial charge >= 0.3 is 6.18 Å². The smallest absolute Gasteiger partial charge is 0.433 e. The summed E-state index contributed by atoms with van der Waals surface area (Å²) in [6, 6.07) is 3.99. The number of hydrogen-bond donors (Lipinski definition) is 0. The van der Waals surface area contributed by atoms with Crippen LogP contribution < -0.4 is 9.64 Å². The molecule has 0 amide bonds. The Morgan fingerprint density at radius 3 is 2.64 bits per heavy atom. The second kappa shape index (κ2) is 6.12. The van der Waals surface area contributed by atoms with E-state index < -0.39 is 11.9 Å². The van der Waals surface area contributed by atoms with Gasteiger partial charge in [-0.3, -0.25) is 0 Å². The van der Waals surface area contributed by atoms with E-state index in [4.69, 9.17) is 4.74 Å². The maximum atomic E-state index is 12.7. The Bertz CT molecular complexity index is 610. The van der Waals surface area contributed by atoms with E-state index in [1.165, 1.54) is 17.4 Å². The van der Waals surface area contributed by atoms with Gasteiger partial charge in [-0.1, -0.05) is 17.4 Å². The molecule has 0 aromatic carbocycles. The average Bonchev–Trinajstić information content (AvgIpc) is 3.00. The number of halogens is 3. The Labute approximate surface area is 129 Å². The number of alkyl halides is 3. The van der Waals surface area contributed by atoms with Gasteiger partial charge in [0.1, 0.15) is 17.6 Å². The summed E-state index contributed by atoms with van der Waals surface area (Å²) in [5.41, 5.74) is -0.855. The molecule has 2 aromatic heterocycles. The SMILES string of the molecule is FC(F)(F)c1cccc(N2CCC(Oc3nccs3)CC2)n1. The first-order valence-corrected chi connectivity index (χ1v) is 7.76. The van der Waals surface area contributed by atoms with Crippen LogP contribution in [0.4, 0.5) is 19.0 Å². The van der Waals surface area contributed by atoms with Crippen molar-refractivity contribution in [2.45, 2.75) is 25.1 Å². The predicted octanol–water partition coefficient (Wildman–Crippen LogP) is 3.60. The highest BCUT2D eigenvalue weighted by Gasteiger charge is 2.33. The lowest BCUT2D eigenvalue weighted by Gasteiger charge is -2.32. The Morgan fingerprint density at radius 1 is 1.23 bits per heavy atom.